The van der Waals surface area contributed by atoms with Crippen LogP contribution in [0.15, 0.2) is 36.7 Å². The molecule has 1 fully saturated rings. The Morgan fingerprint density at radius 1 is 0.966 bits per heavy atom. The van der Waals surface area contributed by atoms with Gasteiger partial charge in [0.2, 0.25) is 0 Å². The molecule has 148 valence electrons. The van der Waals surface area contributed by atoms with Crippen molar-refractivity contribution in [2.45, 2.75) is 32.2 Å². The number of nitriles is 1. The molecule has 0 saturated carbocycles. The fourth-order valence-corrected chi connectivity index (χ4v) is 4.74. The topological polar surface area (TPSA) is 61.0 Å². The molecule has 0 bridgehead atoms. The van der Waals surface area contributed by atoms with E-state index >= 15 is 0 Å². The van der Waals surface area contributed by atoms with E-state index < -0.39 is 0 Å². The van der Waals surface area contributed by atoms with Gasteiger partial charge in [0.1, 0.15) is 23.4 Å². The third-order valence-electron chi connectivity index (χ3n) is 6.31. The Hall–Kier alpha value is -2.91. The molecule has 6 heteroatoms. The molecule has 0 atom stereocenters. The first kappa shape index (κ1) is 18.1. The van der Waals surface area contributed by atoms with Gasteiger partial charge in [0.15, 0.2) is 5.82 Å². The minimum Gasteiger partial charge on any atom is -0.352 e. The van der Waals surface area contributed by atoms with E-state index in [1.807, 2.05) is 0 Å². The van der Waals surface area contributed by atoms with E-state index in [1.165, 1.54) is 5.56 Å². The minimum absolute atomic E-state index is 0.754. The van der Waals surface area contributed by atoms with Gasteiger partial charge in [-0.3, -0.25) is 4.90 Å². The minimum atomic E-state index is 0.754. The van der Waals surface area contributed by atoms with Crippen molar-refractivity contribution in [1.82, 2.24) is 19.4 Å². The molecule has 2 aliphatic heterocycles. The van der Waals surface area contributed by atoms with Crippen molar-refractivity contribution in [2.24, 2.45) is 0 Å². The van der Waals surface area contributed by atoms with Crippen LogP contribution >= 0.6 is 0 Å². The third-order valence-corrected chi connectivity index (χ3v) is 6.31. The number of benzene rings is 1. The number of piperazine rings is 1. The lowest BCUT2D eigenvalue weighted by atomic mass is 10.1. The molecule has 0 radical (unpaired) electrons. The highest BCUT2D eigenvalue weighted by Gasteiger charge is 2.27. The quantitative estimate of drug-likeness (QED) is 0.690. The lowest BCUT2D eigenvalue weighted by molar-refractivity contribution is 0.260. The fraction of sp³-hybridized carbons (Fsp3) is 0.435. The Morgan fingerprint density at radius 2 is 1.79 bits per heavy atom. The van der Waals surface area contributed by atoms with E-state index in [-0.39, 0.29) is 0 Å². The molecule has 2 aliphatic rings. The Balaban J connectivity index is 1.35. The lowest BCUT2D eigenvalue weighted by Gasteiger charge is -2.35. The predicted molar refractivity (Wildman–Crippen MR) is 114 cm³/mol. The lowest BCUT2D eigenvalue weighted by Crippen LogP contribution is -2.47. The van der Waals surface area contributed by atoms with Gasteiger partial charge in [-0.05, 0) is 31.2 Å². The van der Waals surface area contributed by atoms with Gasteiger partial charge in [-0.2, -0.15) is 5.26 Å². The molecule has 5 rings (SSSR count). The summed E-state index contributed by atoms with van der Waals surface area (Å²) in [7, 11) is 0. The monoisotopic (exact) mass is 386 g/mol. The Labute approximate surface area is 171 Å². The summed E-state index contributed by atoms with van der Waals surface area (Å²) in [5, 5.41) is 9.73. The second-order valence-corrected chi connectivity index (χ2v) is 8.00. The molecule has 1 saturated heterocycles. The van der Waals surface area contributed by atoms with Crippen LogP contribution in [-0.2, 0) is 19.4 Å². The molecule has 1 aromatic carbocycles. The van der Waals surface area contributed by atoms with Gasteiger partial charge in [-0.25, -0.2) is 9.97 Å². The van der Waals surface area contributed by atoms with Crippen LogP contribution in [0.5, 0.6) is 0 Å². The van der Waals surface area contributed by atoms with Gasteiger partial charge in [0.05, 0.1) is 5.56 Å². The molecule has 3 aromatic rings. The van der Waals surface area contributed by atoms with Crippen LogP contribution in [0.4, 0.5) is 5.82 Å². The maximum absolute atomic E-state index is 9.73. The van der Waals surface area contributed by atoms with E-state index in [0.29, 0.717) is 0 Å². The summed E-state index contributed by atoms with van der Waals surface area (Å²) in [6, 6.07) is 13.1. The largest absolute Gasteiger partial charge is 0.352 e. The number of rotatable bonds is 4. The molecule has 0 amide bonds. The summed E-state index contributed by atoms with van der Waals surface area (Å²) >= 11 is 0. The summed E-state index contributed by atoms with van der Waals surface area (Å²) in [6.07, 6.45) is 5.99. The van der Waals surface area contributed by atoms with Crippen molar-refractivity contribution in [2.75, 3.05) is 37.6 Å². The molecule has 0 spiro atoms. The highest BCUT2D eigenvalue weighted by atomic mass is 15.3. The normalized spacial score (nSPS) is 17.3. The van der Waals surface area contributed by atoms with E-state index in [4.69, 9.17) is 0 Å². The van der Waals surface area contributed by atoms with Crippen molar-refractivity contribution < 1.29 is 0 Å². The number of hydrogen-bond donors (Lipinski definition) is 0. The maximum atomic E-state index is 9.73. The van der Waals surface area contributed by atoms with Crippen LogP contribution in [0.2, 0.25) is 0 Å². The molecule has 0 aliphatic carbocycles. The van der Waals surface area contributed by atoms with Crippen molar-refractivity contribution in [3.05, 3.63) is 53.5 Å². The maximum Gasteiger partial charge on any atom is 0.156 e. The molecular weight excluding hydrogens is 360 g/mol. The zero-order valence-electron chi connectivity index (χ0n) is 16.7. The van der Waals surface area contributed by atoms with Gasteiger partial charge in [-0.1, -0.05) is 30.3 Å². The number of hydrogen-bond acceptors (Lipinski definition) is 5. The van der Waals surface area contributed by atoms with Crippen LogP contribution in [0.1, 0.15) is 29.7 Å². The molecule has 0 N–H and O–H groups in total. The van der Waals surface area contributed by atoms with Gasteiger partial charge in [0, 0.05) is 45.0 Å². The SMILES string of the molecule is N#Cc1c2n(c3c(N4CCN(CCc5ccccc5)CC4)ncnc13)CCCC2. The summed E-state index contributed by atoms with van der Waals surface area (Å²) in [5.74, 6) is 1.00. The Bertz CT molecular complexity index is 1040. The number of nitrogens with zero attached hydrogens (tertiary/aromatic N) is 6. The van der Waals surface area contributed by atoms with Crippen LogP contribution in [0.3, 0.4) is 0 Å². The van der Waals surface area contributed by atoms with E-state index in [0.717, 1.165) is 93.1 Å². The average Bonchev–Trinajstić information content (AvgIpc) is 3.12. The van der Waals surface area contributed by atoms with E-state index in [9.17, 15) is 5.26 Å². The van der Waals surface area contributed by atoms with Crippen molar-refractivity contribution in [3.63, 3.8) is 0 Å². The molecule has 2 aromatic heterocycles. The van der Waals surface area contributed by atoms with Crippen molar-refractivity contribution >= 4 is 16.9 Å². The molecule has 29 heavy (non-hydrogen) atoms. The smallest absolute Gasteiger partial charge is 0.156 e. The first-order chi connectivity index (χ1) is 14.3. The van der Waals surface area contributed by atoms with Crippen LogP contribution in [-0.4, -0.2) is 52.2 Å². The summed E-state index contributed by atoms with van der Waals surface area (Å²) in [4.78, 5) is 14.1. The zero-order chi connectivity index (χ0) is 19.6. The molecule has 4 heterocycles. The second kappa shape index (κ2) is 7.84. The average molecular weight is 387 g/mol. The van der Waals surface area contributed by atoms with Crippen molar-refractivity contribution in [3.8, 4) is 6.07 Å². The summed E-state index contributed by atoms with van der Waals surface area (Å²) in [5.41, 5.74) is 5.20. The van der Waals surface area contributed by atoms with Gasteiger partial charge in [-0.15, -0.1) is 0 Å². The Kier molecular flexibility index (Phi) is 4.91. The summed E-state index contributed by atoms with van der Waals surface area (Å²) in [6.45, 7) is 6.06. The first-order valence-electron chi connectivity index (χ1n) is 10.6. The number of anilines is 1. The van der Waals surface area contributed by atoms with E-state index in [2.05, 4.69) is 60.7 Å². The van der Waals surface area contributed by atoms with Gasteiger partial charge < -0.3 is 9.47 Å². The number of fused-ring (bicyclic) bond motifs is 3. The zero-order valence-corrected chi connectivity index (χ0v) is 16.7. The van der Waals surface area contributed by atoms with Crippen LogP contribution in [0.25, 0.3) is 11.0 Å². The molecule has 6 nitrogen and oxygen atoms in total. The third kappa shape index (κ3) is 3.36. The first-order valence-corrected chi connectivity index (χ1v) is 10.6. The molecular formula is C23H26N6. The van der Waals surface area contributed by atoms with Crippen LogP contribution < -0.4 is 4.90 Å². The summed E-state index contributed by atoms with van der Waals surface area (Å²) < 4.78 is 2.31. The molecule has 0 unspecified atom stereocenters. The Morgan fingerprint density at radius 3 is 2.59 bits per heavy atom. The number of aromatic nitrogens is 3. The number of aryl methyl sites for hydroxylation is 1. The highest BCUT2D eigenvalue weighted by Crippen LogP contribution is 2.33. The predicted octanol–water partition coefficient (Wildman–Crippen LogP) is 3.00. The van der Waals surface area contributed by atoms with Gasteiger partial charge in [0.25, 0.3) is 0 Å². The standard InChI is InChI=1S/C23H26N6/c24-16-19-20-8-4-5-10-29(20)22-21(19)25-17-26-23(22)28-14-12-27(13-15-28)11-9-18-6-2-1-3-7-18/h1-3,6-7,17H,4-5,8-15H2. The fourth-order valence-electron chi connectivity index (χ4n) is 4.74. The van der Waals surface area contributed by atoms with E-state index in [1.54, 1.807) is 6.33 Å². The second-order valence-electron chi connectivity index (χ2n) is 8.00. The van der Waals surface area contributed by atoms with Crippen molar-refractivity contribution in [1.29, 1.82) is 5.26 Å². The highest BCUT2D eigenvalue weighted by molar-refractivity contribution is 5.92. The van der Waals surface area contributed by atoms with Crippen LogP contribution in [0, 0.1) is 11.3 Å². The van der Waals surface area contributed by atoms with Gasteiger partial charge >= 0.3 is 0 Å².